The van der Waals surface area contributed by atoms with E-state index in [2.05, 4.69) is 10.6 Å². The number of amides is 2. The van der Waals surface area contributed by atoms with Crippen LogP contribution in [0.2, 0.25) is 0 Å². The molecular weight excluding hydrogens is 473 g/mol. The van der Waals surface area contributed by atoms with Crippen LogP contribution in [0.1, 0.15) is 30.6 Å². The van der Waals surface area contributed by atoms with E-state index in [4.69, 9.17) is 5.11 Å². The van der Waals surface area contributed by atoms with E-state index in [1.165, 1.54) is 35.7 Å². The van der Waals surface area contributed by atoms with Gasteiger partial charge in [-0.15, -0.1) is 11.8 Å². The second kappa shape index (κ2) is 10.4. The first-order valence-electron chi connectivity index (χ1n) is 10.6. The number of aromatic carboxylic acids is 1. The molecule has 3 aliphatic rings. The number of nitrogens with one attached hydrogen (secondary N) is 2. The Kier molecular flexibility index (Phi) is 8.16. The van der Waals surface area contributed by atoms with Gasteiger partial charge in [-0.05, 0) is 31.5 Å². The molecule has 178 valence electrons. The van der Waals surface area contributed by atoms with Crippen molar-refractivity contribution >= 4 is 70.8 Å². The van der Waals surface area contributed by atoms with Gasteiger partial charge in [-0.3, -0.25) is 9.59 Å². The number of aliphatic hydroxyl groups is 1. The fourth-order valence-corrected chi connectivity index (χ4v) is 6.29. The van der Waals surface area contributed by atoms with Gasteiger partial charge in [-0.1, -0.05) is 13.0 Å². The molecule has 4 rings (SSSR count). The SMILES string of the molecule is CC(O)[C@H]1C(=O)N2C(C(=O)O)=C(S[C@@H]3CN[C@H](C(=O)Nc4cccc(C(=O)O)c4)C3)[C@H](C)[C@H]12.[NaH]. The van der Waals surface area contributed by atoms with Crippen LogP contribution in [0.25, 0.3) is 0 Å². The normalized spacial score (nSPS) is 28.6. The van der Waals surface area contributed by atoms with Gasteiger partial charge in [0.05, 0.1) is 29.7 Å². The molecule has 10 nitrogen and oxygen atoms in total. The number of anilines is 1. The third kappa shape index (κ3) is 4.77. The van der Waals surface area contributed by atoms with E-state index >= 15 is 0 Å². The number of carboxylic acid groups (broad SMARTS) is 2. The molecule has 12 heteroatoms. The van der Waals surface area contributed by atoms with Gasteiger partial charge in [0.2, 0.25) is 11.8 Å². The molecule has 34 heavy (non-hydrogen) atoms. The Morgan fingerprint density at radius 2 is 1.94 bits per heavy atom. The molecule has 2 fully saturated rings. The van der Waals surface area contributed by atoms with Gasteiger partial charge >= 0.3 is 41.5 Å². The Morgan fingerprint density at radius 1 is 1.24 bits per heavy atom. The Bertz CT molecular complexity index is 1060. The molecule has 0 aliphatic carbocycles. The van der Waals surface area contributed by atoms with Crippen molar-refractivity contribution < 1.29 is 34.5 Å². The van der Waals surface area contributed by atoms with E-state index in [0.717, 1.165) is 0 Å². The van der Waals surface area contributed by atoms with E-state index < -0.39 is 30.0 Å². The fourth-order valence-electron chi connectivity index (χ4n) is 4.81. The molecule has 2 saturated heterocycles. The minimum absolute atomic E-state index is 0. The number of thioether (sulfide) groups is 1. The summed E-state index contributed by atoms with van der Waals surface area (Å²) in [6.07, 6.45) is -0.419. The number of aliphatic hydroxyl groups excluding tert-OH is 1. The zero-order valence-electron chi connectivity index (χ0n) is 18.0. The van der Waals surface area contributed by atoms with E-state index in [9.17, 15) is 29.4 Å². The molecule has 5 N–H and O–H groups in total. The van der Waals surface area contributed by atoms with Crippen LogP contribution in [0, 0.1) is 11.8 Å². The summed E-state index contributed by atoms with van der Waals surface area (Å²) in [5.74, 6) is -3.79. The second-order valence-electron chi connectivity index (χ2n) is 8.58. The third-order valence-electron chi connectivity index (χ3n) is 6.39. The molecule has 0 aromatic heterocycles. The number of benzene rings is 1. The monoisotopic (exact) mass is 499 g/mol. The standard InChI is InChI=1S/C22H25N3O7S.Na.H/c1-9-16-15(10(2)26)20(28)25(16)17(22(31)32)18(9)33-13-7-14(23-8-13)19(27)24-12-5-3-4-11(6-12)21(29)30;;/h3-6,9-10,13-16,23,26H,7-8H2,1-2H3,(H,24,27)(H,29,30)(H,31,32);;/t9-,10?,13+,14+,15-,16-;;/m1../s1. The Balaban J connectivity index is 0.00000324. The van der Waals surface area contributed by atoms with Crippen LogP contribution < -0.4 is 10.6 Å². The number of carboxylic acids is 2. The molecule has 0 bridgehead atoms. The second-order valence-corrected chi connectivity index (χ2v) is 9.93. The molecule has 3 aliphatic heterocycles. The molecule has 6 atom stereocenters. The summed E-state index contributed by atoms with van der Waals surface area (Å²) < 4.78 is 0. The molecule has 0 spiro atoms. The van der Waals surface area contributed by atoms with Crippen LogP contribution >= 0.6 is 11.8 Å². The summed E-state index contributed by atoms with van der Waals surface area (Å²) >= 11 is 1.36. The quantitative estimate of drug-likeness (QED) is 0.263. The molecule has 3 heterocycles. The van der Waals surface area contributed by atoms with Crippen molar-refractivity contribution in [1.82, 2.24) is 10.2 Å². The molecule has 1 unspecified atom stereocenters. The molecule has 2 amide bonds. The fraction of sp³-hybridized carbons (Fsp3) is 0.455. The molecule has 0 saturated carbocycles. The summed E-state index contributed by atoms with van der Waals surface area (Å²) in [7, 11) is 0. The maximum atomic E-state index is 12.7. The van der Waals surface area contributed by atoms with Crippen molar-refractivity contribution in [3.63, 3.8) is 0 Å². The number of rotatable bonds is 7. The van der Waals surface area contributed by atoms with Gasteiger partial charge < -0.3 is 30.9 Å². The first-order valence-corrected chi connectivity index (χ1v) is 11.5. The Labute approximate surface area is 222 Å². The number of aliphatic carboxylic acids is 1. The number of fused-ring (bicyclic) bond motifs is 1. The maximum absolute atomic E-state index is 12.7. The van der Waals surface area contributed by atoms with Gasteiger partial charge in [0.25, 0.3) is 0 Å². The summed E-state index contributed by atoms with van der Waals surface area (Å²) in [6, 6.07) is 5.07. The van der Waals surface area contributed by atoms with Gasteiger partial charge in [0, 0.05) is 28.3 Å². The average Bonchev–Trinajstić information content (AvgIpc) is 3.30. The molecule has 1 aromatic rings. The number of carbonyl (C=O) groups is 4. The predicted molar refractivity (Wildman–Crippen MR) is 127 cm³/mol. The van der Waals surface area contributed by atoms with E-state index in [1.54, 1.807) is 12.1 Å². The van der Waals surface area contributed by atoms with Crippen LogP contribution in [-0.4, -0.2) is 104 Å². The van der Waals surface area contributed by atoms with Crippen LogP contribution in [0.15, 0.2) is 34.9 Å². The van der Waals surface area contributed by atoms with Crippen LogP contribution in [-0.2, 0) is 14.4 Å². The third-order valence-corrected chi connectivity index (χ3v) is 7.90. The van der Waals surface area contributed by atoms with Gasteiger partial charge in [-0.2, -0.15) is 0 Å². The number of carbonyl (C=O) groups excluding carboxylic acids is 2. The first-order chi connectivity index (χ1) is 15.6. The number of hydrogen-bond acceptors (Lipinski definition) is 7. The predicted octanol–water partition coefficient (Wildman–Crippen LogP) is 0.292. The van der Waals surface area contributed by atoms with Crippen molar-refractivity contribution in [2.24, 2.45) is 11.8 Å². The summed E-state index contributed by atoms with van der Waals surface area (Å²) in [4.78, 5) is 50.1. The molecule has 0 radical (unpaired) electrons. The van der Waals surface area contributed by atoms with E-state index in [-0.39, 0.29) is 69.8 Å². The topological polar surface area (TPSA) is 156 Å². The van der Waals surface area contributed by atoms with E-state index in [1.807, 2.05) is 6.92 Å². The Hall–Kier alpha value is -1.89. The summed E-state index contributed by atoms with van der Waals surface area (Å²) in [5.41, 5.74) is 0.418. The van der Waals surface area contributed by atoms with Gasteiger partial charge in [-0.25, -0.2) is 9.59 Å². The van der Waals surface area contributed by atoms with Crippen molar-refractivity contribution in [3.05, 3.63) is 40.4 Å². The van der Waals surface area contributed by atoms with E-state index in [0.29, 0.717) is 23.6 Å². The first kappa shape index (κ1) is 26.7. The van der Waals surface area contributed by atoms with Crippen LogP contribution in [0.4, 0.5) is 5.69 Å². The van der Waals surface area contributed by atoms with Gasteiger partial charge in [0.1, 0.15) is 5.70 Å². The Morgan fingerprint density at radius 3 is 2.56 bits per heavy atom. The van der Waals surface area contributed by atoms with Crippen LogP contribution in [0.3, 0.4) is 0 Å². The number of nitrogens with zero attached hydrogens (tertiary/aromatic N) is 1. The summed E-state index contributed by atoms with van der Waals surface area (Å²) in [6.45, 7) is 3.87. The zero-order valence-corrected chi connectivity index (χ0v) is 18.8. The van der Waals surface area contributed by atoms with Gasteiger partial charge in [0.15, 0.2) is 0 Å². The molecule has 1 aromatic carbocycles. The zero-order chi connectivity index (χ0) is 24.0. The van der Waals surface area contributed by atoms with Crippen LogP contribution in [0.5, 0.6) is 0 Å². The van der Waals surface area contributed by atoms with Crippen molar-refractivity contribution in [3.8, 4) is 0 Å². The minimum atomic E-state index is -1.18. The number of β-lactam (4-membered cyclic amide) rings is 1. The van der Waals surface area contributed by atoms with Crippen molar-refractivity contribution in [1.29, 1.82) is 0 Å². The molecular formula is C22H26N3NaO7S. The average molecular weight is 500 g/mol. The summed E-state index contributed by atoms with van der Waals surface area (Å²) in [5, 5.41) is 34.6. The van der Waals surface area contributed by atoms with Crippen molar-refractivity contribution in [2.75, 3.05) is 11.9 Å². The number of hydrogen-bond donors (Lipinski definition) is 5. The van der Waals surface area contributed by atoms with Crippen molar-refractivity contribution in [2.45, 2.75) is 43.7 Å².